The molecule has 8 heteroatoms. The lowest BCUT2D eigenvalue weighted by Gasteiger charge is -2.36. The molecule has 4 aliphatic rings. The van der Waals surface area contributed by atoms with Crippen LogP contribution in [-0.2, 0) is 9.59 Å². The van der Waals surface area contributed by atoms with E-state index in [4.69, 9.17) is 0 Å². The number of fused-ring (bicyclic) bond motifs is 1. The summed E-state index contributed by atoms with van der Waals surface area (Å²) in [5.41, 5.74) is 0.989. The number of carbonyl (C=O) groups excluding carboxylic acids is 2. The minimum atomic E-state index is -1.10. The molecular weight excluding hydrogens is 324 g/mol. The highest BCUT2D eigenvalue weighted by Crippen LogP contribution is 2.36. The molecule has 0 saturated carbocycles. The Labute approximate surface area is 146 Å². The molecule has 0 aromatic carbocycles. The Balaban J connectivity index is 1.55. The largest absolute Gasteiger partial charge is 0.379 e. The van der Waals surface area contributed by atoms with E-state index in [1.165, 1.54) is 4.90 Å². The van der Waals surface area contributed by atoms with Crippen molar-refractivity contribution in [2.75, 3.05) is 26.2 Å². The molecule has 5 unspecified atom stereocenters. The number of allylic oxidation sites excluding steroid dienone is 1. The third-order valence-corrected chi connectivity index (χ3v) is 5.53. The van der Waals surface area contributed by atoms with Crippen LogP contribution in [0.1, 0.15) is 12.8 Å². The second kappa shape index (κ2) is 6.53. The quantitative estimate of drug-likeness (QED) is 0.443. The summed E-state index contributed by atoms with van der Waals surface area (Å²) in [6.07, 6.45) is 4.53. The first kappa shape index (κ1) is 16.7. The van der Waals surface area contributed by atoms with Crippen LogP contribution in [-0.4, -0.2) is 76.5 Å². The lowest BCUT2D eigenvalue weighted by molar-refractivity contribution is -0.149. The number of nitrogens with zero attached hydrogens (tertiary/aromatic N) is 2. The second-order valence-corrected chi connectivity index (χ2v) is 7.06. The van der Waals surface area contributed by atoms with Crippen LogP contribution in [0.5, 0.6) is 0 Å². The number of aliphatic hydroxyl groups is 2. The number of piperazine rings is 1. The van der Waals surface area contributed by atoms with Crippen LogP contribution in [0, 0.1) is 11.8 Å². The SMILES string of the molecule is O=C1C2C=CC(N3CCNCC3)=CC2C(=O)N1C1CCC(O)NC1O. The minimum Gasteiger partial charge on any atom is -0.379 e. The fraction of sp³-hybridized carbons (Fsp3) is 0.647. The monoisotopic (exact) mass is 348 g/mol. The van der Waals surface area contributed by atoms with Gasteiger partial charge in [0.1, 0.15) is 12.5 Å². The van der Waals surface area contributed by atoms with E-state index in [0.717, 1.165) is 31.9 Å². The Kier molecular flexibility index (Phi) is 4.36. The molecule has 3 heterocycles. The molecule has 3 saturated heterocycles. The van der Waals surface area contributed by atoms with Gasteiger partial charge in [-0.25, -0.2) is 0 Å². The lowest BCUT2D eigenvalue weighted by Crippen LogP contribution is -2.58. The van der Waals surface area contributed by atoms with Gasteiger partial charge in [-0.2, -0.15) is 0 Å². The Morgan fingerprint density at radius 3 is 2.48 bits per heavy atom. The number of carbonyl (C=O) groups is 2. The molecule has 0 aromatic heterocycles. The molecule has 2 amide bonds. The van der Waals surface area contributed by atoms with Gasteiger partial charge in [0, 0.05) is 31.9 Å². The molecule has 25 heavy (non-hydrogen) atoms. The number of hydrogen-bond donors (Lipinski definition) is 4. The number of likely N-dealkylation sites (tertiary alicyclic amines) is 1. The topological polar surface area (TPSA) is 105 Å². The molecule has 0 aromatic rings. The summed E-state index contributed by atoms with van der Waals surface area (Å²) in [5.74, 6) is -1.50. The van der Waals surface area contributed by atoms with E-state index in [1.807, 2.05) is 18.2 Å². The van der Waals surface area contributed by atoms with E-state index in [9.17, 15) is 19.8 Å². The zero-order valence-electron chi connectivity index (χ0n) is 14.0. The van der Waals surface area contributed by atoms with Crippen LogP contribution in [0.2, 0.25) is 0 Å². The molecule has 1 aliphatic carbocycles. The van der Waals surface area contributed by atoms with E-state index < -0.39 is 30.3 Å². The van der Waals surface area contributed by atoms with Gasteiger partial charge in [-0.15, -0.1) is 0 Å². The number of piperidine rings is 1. The van der Waals surface area contributed by atoms with Gasteiger partial charge in [-0.05, 0) is 25.0 Å². The fourth-order valence-corrected chi connectivity index (χ4v) is 4.16. The summed E-state index contributed by atoms with van der Waals surface area (Å²) in [7, 11) is 0. The molecule has 3 fully saturated rings. The average molecular weight is 348 g/mol. The maximum absolute atomic E-state index is 12.9. The molecule has 0 spiro atoms. The normalized spacial score (nSPS) is 38.8. The highest BCUT2D eigenvalue weighted by atomic mass is 16.3. The highest BCUT2D eigenvalue weighted by molar-refractivity contribution is 6.07. The van der Waals surface area contributed by atoms with Gasteiger partial charge in [0.15, 0.2) is 0 Å². The number of aliphatic hydroxyl groups excluding tert-OH is 2. The van der Waals surface area contributed by atoms with Crippen molar-refractivity contribution in [1.29, 1.82) is 0 Å². The Hall–Kier alpha value is -1.74. The molecule has 8 nitrogen and oxygen atoms in total. The first-order valence-electron chi connectivity index (χ1n) is 8.91. The fourth-order valence-electron chi connectivity index (χ4n) is 4.16. The highest BCUT2D eigenvalue weighted by Gasteiger charge is 2.51. The molecule has 3 aliphatic heterocycles. The molecular formula is C17H24N4O4. The standard InChI is InChI=1S/C17H24N4O4/c22-14-4-3-13(15(23)19-14)21-16(24)11-2-1-10(9-12(11)17(21)25)20-7-5-18-6-8-20/h1-2,9,11-15,18-19,22-23H,3-8H2. The third kappa shape index (κ3) is 2.89. The number of hydrogen-bond acceptors (Lipinski definition) is 7. The molecule has 136 valence electrons. The molecule has 0 bridgehead atoms. The van der Waals surface area contributed by atoms with Gasteiger partial charge < -0.3 is 20.4 Å². The first-order chi connectivity index (χ1) is 12.1. The number of imide groups is 1. The van der Waals surface area contributed by atoms with Crippen molar-refractivity contribution in [3.63, 3.8) is 0 Å². The predicted molar refractivity (Wildman–Crippen MR) is 88.7 cm³/mol. The molecule has 4 rings (SSSR count). The van der Waals surface area contributed by atoms with Crippen molar-refractivity contribution in [3.8, 4) is 0 Å². The van der Waals surface area contributed by atoms with E-state index >= 15 is 0 Å². The number of nitrogens with one attached hydrogen (secondary N) is 2. The summed E-state index contributed by atoms with van der Waals surface area (Å²) in [6.45, 7) is 3.56. The molecule has 0 radical (unpaired) electrons. The van der Waals surface area contributed by atoms with Crippen molar-refractivity contribution in [3.05, 3.63) is 23.9 Å². The Morgan fingerprint density at radius 1 is 1.04 bits per heavy atom. The van der Waals surface area contributed by atoms with Crippen molar-refractivity contribution in [1.82, 2.24) is 20.4 Å². The van der Waals surface area contributed by atoms with Crippen molar-refractivity contribution in [2.45, 2.75) is 31.3 Å². The summed E-state index contributed by atoms with van der Waals surface area (Å²) >= 11 is 0. The Morgan fingerprint density at radius 2 is 1.76 bits per heavy atom. The Bertz CT molecular complexity index is 628. The summed E-state index contributed by atoms with van der Waals surface area (Å²) in [5, 5.41) is 25.6. The van der Waals surface area contributed by atoms with Crippen molar-refractivity contribution in [2.24, 2.45) is 11.8 Å². The van der Waals surface area contributed by atoms with Crippen LogP contribution >= 0.6 is 0 Å². The maximum atomic E-state index is 12.9. The average Bonchev–Trinajstić information content (AvgIpc) is 2.87. The maximum Gasteiger partial charge on any atom is 0.237 e. The second-order valence-electron chi connectivity index (χ2n) is 7.06. The first-order valence-corrected chi connectivity index (χ1v) is 8.91. The van der Waals surface area contributed by atoms with E-state index in [2.05, 4.69) is 15.5 Å². The van der Waals surface area contributed by atoms with Gasteiger partial charge in [0.05, 0.1) is 17.9 Å². The van der Waals surface area contributed by atoms with Gasteiger partial charge >= 0.3 is 0 Å². The zero-order chi connectivity index (χ0) is 17.6. The van der Waals surface area contributed by atoms with E-state index in [-0.39, 0.29) is 11.8 Å². The predicted octanol–water partition coefficient (Wildman–Crippen LogP) is -1.66. The van der Waals surface area contributed by atoms with Crippen molar-refractivity contribution < 1.29 is 19.8 Å². The van der Waals surface area contributed by atoms with Crippen LogP contribution in [0.15, 0.2) is 23.9 Å². The summed E-state index contributed by atoms with van der Waals surface area (Å²) in [6, 6.07) is -0.626. The van der Waals surface area contributed by atoms with Crippen LogP contribution in [0.25, 0.3) is 0 Å². The third-order valence-electron chi connectivity index (χ3n) is 5.53. The van der Waals surface area contributed by atoms with Crippen LogP contribution < -0.4 is 10.6 Å². The zero-order valence-corrected chi connectivity index (χ0v) is 14.0. The number of rotatable bonds is 2. The lowest BCUT2D eigenvalue weighted by atomic mass is 9.89. The van der Waals surface area contributed by atoms with Crippen molar-refractivity contribution >= 4 is 11.8 Å². The number of amides is 2. The van der Waals surface area contributed by atoms with Crippen LogP contribution in [0.4, 0.5) is 0 Å². The van der Waals surface area contributed by atoms with Gasteiger partial charge in [-0.3, -0.25) is 19.8 Å². The van der Waals surface area contributed by atoms with E-state index in [1.54, 1.807) is 0 Å². The summed E-state index contributed by atoms with van der Waals surface area (Å²) < 4.78 is 0. The van der Waals surface area contributed by atoms with Crippen LogP contribution in [0.3, 0.4) is 0 Å². The summed E-state index contributed by atoms with van der Waals surface area (Å²) in [4.78, 5) is 29.1. The molecule has 4 N–H and O–H groups in total. The minimum absolute atomic E-state index is 0.255. The van der Waals surface area contributed by atoms with Gasteiger partial charge in [0.2, 0.25) is 11.8 Å². The van der Waals surface area contributed by atoms with Gasteiger partial charge in [0.25, 0.3) is 0 Å². The van der Waals surface area contributed by atoms with E-state index in [0.29, 0.717) is 12.8 Å². The van der Waals surface area contributed by atoms with Gasteiger partial charge in [-0.1, -0.05) is 6.08 Å². The smallest absolute Gasteiger partial charge is 0.237 e. The molecule has 5 atom stereocenters.